The van der Waals surface area contributed by atoms with Crippen LogP contribution in [0, 0.1) is 0 Å². The summed E-state index contributed by atoms with van der Waals surface area (Å²) in [4.78, 5) is 39.9. The molecule has 0 aromatic carbocycles. The van der Waals surface area contributed by atoms with E-state index in [0.717, 1.165) is 83.5 Å². The first-order valence-electron chi connectivity index (χ1n) is 29.8. The minimum absolute atomic E-state index is 0.0219. The fourth-order valence-corrected chi connectivity index (χ4v) is 9.46. The fraction of sp³-hybridized carbons (Fsp3) is 0.867. The number of rotatable bonds is 54. The third kappa shape index (κ3) is 51.1. The first kappa shape index (κ1) is 68.2. The molecule has 0 spiro atoms. The summed E-state index contributed by atoms with van der Waals surface area (Å²) in [6.45, 7) is 6.76. The van der Waals surface area contributed by atoms with Crippen molar-refractivity contribution in [2.75, 3.05) is 40.9 Å². The minimum atomic E-state index is -4.69. The summed E-state index contributed by atoms with van der Waals surface area (Å²) in [7, 11) is 1.19. The van der Waals surface area contributed by atoms with Gasteiger partial charge in [-0.3, -0.25) is 14.2 Å². The number of unbranched alkanes of at least 4 members (excludes halogenated alkanes) is 34. The molecule has 3 unspecified atom stereocenters. The maximum absolute atomic E-state index is 13.5. The Bertz CT molecular complexity index is 1300. The van der Waals surface area contributed by atoms with E-state index in [1.54, 1.807) is 0 Å². The molecule has 0 heterocycles. The van der Waals surface area contributed by atoms with Crippen molar-refractivity contribution in [1.82, 2.24) is 5.32 Å². The Kier molecular flexibility index (Phi) is 49.5. The average Bonchev–Trinajstić information content (AvgIpc) is 3.32. The second-order valence-corrected chi connectivity index (χ2v) is 22.9. The van der Waals surface area contributed by atoms with Crippen molar-refractivity contribution in [3.63, 3.8) is 0 Å². The molecular formula is C60H115N2O7P. The number of quaternary nitrogens is 1. The lowest BCUT2D eigenvalue weighted by atomic mass is 10.0. The number of phosphoric ester groups is 1. The normalized spacial score (nSPS) is 14.0. The first-order valence-corrected chi connectivity index (χ1v) is 31.3. The summed E-state index contributed by atoms with van der Waals surface area (Å²) < 4.78 is 30.3. The maximum Gasteiger partial charge on any atom is 0.306 e. The predicted molar refractivity (Wildman–Crippen MR) is 298 cm³/mol. The van der Waals surface area contributed by atoms with Gasteiger partial charge in [-0.05, 0) is 57.4 Å². The molecule has 0 aliphatic rings. The third-order valence-corrected chi connectivity index (χ3v) is 14.3. The van der Waals surface area contributed by atoms with Crippen molar-refractivity contribution in [2.45, 2.75) is 296 Å². The number of allylic oxidation sites excluding steroid dienone is 5. The van der Waals surface area contributed by atoms with Gasteiger partial charge in [0, 0.05) is 12.8 Å². The fourth-order valence-electron chi connectivity index (χ4n) is 8.74. The van der Waals surface area contributed by atoms with Crippen LogP contribution in [0.15, 0.2) is 36.5 Å². The largest absolute Gasteiger partial charge is 0.756 e. The highest BCUT2D eigenvalue weighted by molar-refractivity contribution is 7.45. The van der Waals surface area contributed by atoms with Crippen molar-refractivity contribution in [2.24, 2.45) is 0 Å². The highest BCUT2D eigenvalue weighted by Crippen LogP contribution is 2.38. The molecule has 0 rings (SSSR count). The Morgan fingerprint density at radius 2 is 0.914 bits per heavy atom. The second-order valence-electron chi connectivity index (χ2n) is 21.5. The number of nitrogens with one attached hydrogen (secondary N) is 1. The van der Waals surface area contributed by atoms with Crippen LogP contribution in [-0.4, -0.2) is 69.4 Å². The molecule has 0 radical (unpaired) electrons. The molecule has 0 aromatic rings. The molecule has 0 aromatic heterocycles. The van der Waals surface area contributed by atoms with Gasteiger partial charge in [-0.1, -0.05) is 250 Å². The monoisotopic (exact) mass is 1010 g/mol. The van der Waals surface area contributed by atoms with Crippen molar-refractivity contribution in [1.29, 1.82) is 0 Å². The van der Waals surface area contributed by atoms with Crippen LogP contribution in [-0.2, 0) is 27.9 Å². The molecule has 412 valence electrons. The summed E-state index contributed by atoms with van der Waals surface area (Å²) in [5.74, 6) is -0.539. The molecule has 70 heavy (non-hydrogen) atoms. The minimum Gasteiger partial charge on any atom is -0.756 e. The van der Waals surface area contributed by atoms with Gasteiger partial charge in [-0.2, -0.15) is 0 Å². The van der Waals surface area contributed by atoms with E-state index < -0.39 is 20.0 Å². The standard InChI is InChI=1S/C60H115N2O7P/c1-7-10-13-16-19-22-25-28-30-31-32-35-38-41-44-47-50-53-60(64)69-58(51-48-45-42-39-36-33-27-24-21-18-15-12-9-3)57(56-68-70(65,66)67-55-54-62(4,5)6)61-59(63)52-49-46-43-40-37-34-29-26-23-20-17-14-11-8-2/h11,14,20,23,48,51,57-58H,7-10,12-13,15-19,21-22,24-47,49-50,52-56H2,1-6H3,(H-,61,63,65,66)/b14-11+,23-20+,51-48+. The number of carbonyl (C=O) groups is 2. The van der Waals surface area contributed by atoms with E-state index >= 15 is 0 Å². The van der Waals surface area contributed by atoms with Gasteiger partial charge < -0.3 is 28.5 Å². The lowest BCUT2D eigenvalue weighted by molar-refractivity contribution is -0.870. The van der Waals surface area contributed by atoms with Gasteiger partial charge in [0.1, 0.15) is 19.3 Å². The molecule has 0 fully saturated rings. The summed E-state index contributed by atoms with van der Waals surface area (Å²) >= 11 is 0. The number of hydrogen-bond donors (Lipinski definition) is 1. The Hall–Kier alpha value is -1.77. The SMILES string of the molecule is CC/C=C/C/C=C/CCCCCCCCCC(=O)NC(COP(=O)([O-])OCC[N+](C)(C)C)C(/C=C/CCCCCCCCCCCCC)OC(=O)CCCCCCCCCCCCCCCCCCC. The van der Waals surface area contributed by atoms with Crippen LogP contribution < -0.4 is 10.2 Å². The molecule has 0 saturated heterocycles. The van der Waals surface area contributed by atoms with Gasteiger partial charge >= 0.3 is 5.97 Å². The van der Waals surface area contributed by atoms with Crippen LogP contribution in [0.25, 0.3) is 0 Å². The number of nitrogens with zero attached hydrogens (tertiary/aromatic N) is 1. The van der Waals surface area contributed by atoms with E-state index in [2.05, 4.69) is 50.4 Å². The number of hydrogen-bond acceptors (Lipinski definition) is 7. The van der Waals surface area contributed by atoms with Gasteiger partial charge in [0.15, 0.2) is 0 Å². The Labute approximate surface area is 434 Å². The van der Waals surface area contributed by atoms with Crippen molar-refractivity contribution in [3.05, 3.63) is 36.5 Å². The zero-order chi connectivity index (χ0) is 51.5. The number of esters is 1. The molecule has 1 N–H and O–H groups in total. The van der Waals surface area contributed by atoms with Crippen LogP contribution in [0.2, 0.25) is 0 Å². The number of ether oxygens (including phenoxy) is 1. The highest BCUT2D eigenvalue weighted by atomic mass is 31.2. The average molecular weight is 1010 g/mol. The topological polar surface area (TPSA) is 114 Å². The summed E-state index contributed by atoms with van der Waals surface area (Å²) in [5, 5.41) is 3.02. The van der Waals surface area contributed by atoms with E-state index in [1.807, 2.05) is 33.3 Å². The molecule has 9 nitrogen and oxygen atoms in total. The van der Waals surface area contributed by atoms with Gasteiger partial charge in [-0.15, -0.1) is 0 Å². The van der Waals surface area contributed by atoms with Crippen molar-refractivity contribution in [3.8, 4) is 0 Å². The summed E-state index contributed by atoms with van der Waals surface area (Å²) in [5.41, 5.74) is 0. The predicted octanol–water partition coefficient (Wildman–Crippen LogP) is 17.3. The number of carbonyl (C=O) groups excluding carboxylic acids is 2. The molecule has 1 amide bonds. The summed E-state index contributed by atoms with van der Waals surface area (Å²) in [6, 6.07) is -0.887. The Morgan fingerprint density at radius 3 is 1.36 bits per heavy atom. The zero-order valence-corrected chi connectivity index (χ0v) is 47.9. The molecular weight excluding hydrogens is 892 g/mol. The highest BCUT2D eigenvalue weighted by Gasteiger charge is 2.27. The quantitative estimate of drug-likeness (QED) is 0.0212. The lowest BCUT2D eigenvalue weighted by Crippen LogP contribution is -2.47. The Morgan fingerprint density at radius 1 is 0.514 bits per heavy atom. The van der Waals surface area contributed by atoms with Crippen molar-refractivity contribution < 1.29 is 37.3 Å². The van der Waals surface area contributed by atoms with Gasteiger partial charge in [0.2, 0.25) is 5.91 Å². The van der Waals surface area contributed by atoms with E-state index in [4.69, 9.17) is 13.8 Å². The van der Waals surface area contributed by atoms with Crippen molar-refractivity contribution >= 4 is 19.7 Å². The summed E-state index contributed by atoms with van der Waals surface area (Å²) in [6.07, 6.45) is 59.6. The smallest absolute Gasteiger partial charge is 0.306 e. The Balaban J connectivity index is 5.31. The van der Waals surface area contributed by atoms with E-state index in [1.165, 1.54) is 167 Å². The molecule has 10 heteroatoms. The molecule has 3 atom stereocenters. The molecule has 0 aliphatic heterocycles. The number of amides is 1. The van der Waals surface area contributed by atoms with Crippen LogP contribution in [0.5, 0.6) is 0 Å². The van der Waals surface area contributed by atoms with Crippen LogP contribution in [0.4, 0.5) is 0 Å². The molecule has 0 aliphatic carbocycles. The number of phosphoric acid groups is 1. The number of likely N-dealkylation sites (N-methyl/N-ethyl adjacent to an activating group) is 1. The lowest BCUT2D eigenvalue weighted by Gasteiger charge is -2.30. The van der Waals surface area contributed by atoms with E-state index in [9.17, 15) is 19.0 Å². The second kappa shape index (κ2) is 50.7. The maximum atomic E-state index is 13.5. The molecule has 0 saturated carbocycles. The van der Waals surface area contributed by atoms with Gasteiger partial charge in [0.05, 0.1) is 33.8 Å². The first-order chi connectivity index (χ1) is 33.9. The van der Waals surface area contributed by atoms with Crippen LogP contribution >= 0.6 is 7.82 Å². The van der Waals surface area contributed by atoms with Crippen LogP contribution in [0.3, 0.4) is 0 Å². The zero-order valence-electron chi connectivity index (χ0n) is 47.0. The van der Waals surface area contributed by atoms with Gasteiger partial charge in [0.25, 0.3) is 7.82 Å². The third-order valence-electron chi connectivity index (χ3n) is 13.3. The van der Waals surface area contributed by atoms with Crippen LogP contribution in [0.1, 0.15) is 284 Å². The molecule has 0 bridgehead atoms. The van der Waals surface area contributed by atoms with E-state index in [0.29, 0.717) is 17.4 Å². The van der Waals surface area contributed by atoms with E-state index in [-0.39, 0.29) is 31.5 Å². The van der Waals surface area contributed by atoms with Gasteiger partial charge in [-0.25, -0.2) is 0 Å².